The molecular weight excluding hydrogens is 847 g/mol. The summed E-state index contributed by atoms with van der Waals surface area (Å²) < 4.78 is 16.7. The van der Waals surface area contributed by atoms with Gasteiger partial charge in [0.05, 0.1) is 32.0 Å². The fraction of sp³-hybridized carbons (Fsp3) is 0.857. The minimum absolute atomic E-state index is 0.0332. The van der Waals surface area contributed by atoms with Gasteiger partial charge in [-0.15, -0.1) is 0 Å². The first-order valence-electron chi connectivity index (χ1n) is 27.8. The van der Waals surface area contributed by atoms with Gasteiger partial charge in [-0.2, -0.15) is 0 Å². The molecule has 1 aliphatic heterocycles. The number of amides is 1. The maximum atomic E-state index is 13.0. The summed E-state index contributed by atoms with van der Waals surface area (Å²) in [4.78, 5) is 25.0. The van der Waals surface area contributed by atoms with E-state index in [1.54, 1.807) is 6.08 Å². The predicted molar refractivity (Wildman–Crippen MR) is 274 cm³/mol. The first-order valence-corrected chi connectivity index (χ1v) is 27.8. The molecule has 67 heavy (non-hydrogen) atoms. The Morgan fingerprint density at radius 3 is 1.54 bits per heavy atom. The van der Waals surface area contributed by atoms with Gasteiger partial charge in [0.1, 0.15) is 24.4 Å². The molecule has 392 valence electrons. The third kappa shape index (κ3) is 36.5. The summed E-state index contributed by atoms with van der Waals surface area (Å²) in [6.45, 7) is 4.24. The van der Waals surface area contributed by atoms with Gasteiger partial charge in [-0.05, 0) is 64.2 Å². The topological polar surface area (TPSA) is 175 Å². The van der Waals surface area contributed by atoms with Crippen LogP contribution in [-0.4, -0.2) is 100 Å². The first kappa shape index (κ1) is 62.9. The minimum atomic E-state index is -1.57. The molecule has 7 unspecified atom stereocenters. The summed E-state index contributed by atoms with van der Waals surface area (Å²) in [7, 11) is 0. The Hall–Kier alpha value is -2.12. The van der Waals surface area contributed by atoms with E-state index < -0.39 is 49.5 Å². The van der Waals surface area contributed by atoms with Gasteiger partial charge in [0, 0.05) is 12.8 Å². The van der Waals surface area contributed by atoms with Crippen LogP contribution in [0.1, 0.15) is 245 Å². The highest BCUT2D eigenvalue weighted by atomic mass is 16.7. The summed E-state index contributed by atoms with van der Waals surface area (Å²) in [6, 6.07) is -0.815. The minimum Gasteiger partial charge on any atom is -0.466 e. The quantitative estimate of drug-likeness (QED) is 0.0196. The zero-order valence-corrected chi connectivity index (χ0v) is 42.9. The normalized spacial score (nSPS) is 19.8. The van der Waals surface area contributed by atoms with Crippen molar-refractivity contribution in [1.82, 2.24) is 5.32 Å². The van der Waals surface area contributed by atoms with E-state index >= 15 is 0 Å². The van der Waals surface area contributed by atoms with Crippen molar-refractivity contribution in [2.24, 2.45) is 0 Å². The number of carbonyl (C=O) groups excluding carboxylic acids is 2. The van der Waals surface area contributed by atoms with Crippen LogP contribution in [0.2, 0.25) is 0 Å². The summed E-state index contributed by atoms with van der Waals surface area (Å²) in [6.07, 6.45) is 45.1. The fourth-order valence-corrected chi connectivity index (χ4v) is 8.52. The van der Waals surface area contributed by atoms with Gasteiger partial charge in [-0.1, -0.05) is 204 Å². The number of hydrogen-bond donors (Lipinski definition) is 6. The van der Waals surface area contributed by atoms with Crippen LogP contribution < -0.4 is 5.32 Å². The van der Waals surface area contributed by atoms with E-state index in [0.29, 0.717) is 19.4 Å². The Morgan fingerprint density at radius 2 is 1.00 bits per heavy atom. The molecule has 1 fully saturated rings. The largest absolute Gasteiger partial charge is 0.466 e. The van der Waals surface area contributed by atoms with Gasteiger partial charge >= 0.3 is 5.97 Å². The molecule has 6 N–H and O–H groups in total. The number of aliphatic hydroxyl groups is 5. The number of ether oxygens (including phenoxy) is 3. The third-order valence-corrected chi connectivity index (χ3v) is 13.0. The zero-order chi connectivity index (χ0) is 48.8. The number of unbranched alkanes of at least 4 members (excludes halogenated alkanes) is 29. The van der Waals surface area contributed by atoms with Crippen LogP contribution in [0.3, 0.4) is 0 Å². The fourth-order valence-electron chi connectivity index (χ4n) is 8.52. The van der Waals surface area contributed by atoms with Crippen molar-refractivity contribution >= 4 is 11.9 Å². The predicted octanol–water partition coefficient (Wildman–Crippen LogP) is 11.9. The Bertz CT molecular complexity index is 1210. The summed E-state index contributed by atoms with van der Waals surface area (Å²) >= 11 is 0. The Morgan fingerprint density at radius 1 is 0.552 bits per heavy atom. The maximum absolute atomic E-state index is 13.0. The van der Waals surface area contributed by atoms with Crippen molar-refractivity contribution in [2.45, 2.75) is 288 Å². The van der Waals surface area contributed by atoms with E-state index in [0.717, 1.165) is 83.5 Å². The average Bonchev–Trinajstić information content (AvgIpc) is 3.32. The van der Waals surface area contributed by atoms with Crippen LogP contribution >= 0.6 is 0 Å². The van der Waals surface area contributed by atoms with E-state index in [2.05, 4.69) is 43.5 Å². The second kappa shape index (κ2) is 46.3. The number of esters is 1. The van der Waals surface area contributed by atoms with Crippen LogP contribution in [0.5, 0.6) is 0 Å². The molecule has 11 nitrogen and oxygen atoms in total. The lowest BCUT2D eigenvalue weighted by Gasteiger charge is -2.40. The number of carbonyl (C=O) groups is 2. The van der Waals surface area contributed by atoms with E-state index in [4.69, 9.17) is 14.2 Å². The molecule has 0 radical (unpaired) electrons. The van der Waals surface area contributed by atoms with Gasteiger partial charge in [0.15, 0.2) is 6.29 Å². The molecule has 1 amide bonds. The molecule has 1 rings (SSSR count). The molecule has 0 aliphatic carbocycles. The van der Waals surface area contributed by atoms with E-state index in [1.165, 1.54) is 135 Å². The number of allylic oxidation sites excluding steroid dienone is 5. The molecule has 1 heterocycles. The molecule has 11 heteroatoms. The van der Waals surface area contributed by atoms with Gasteiger partial charge in [-0.3, -0.25) is 9.59 Å². The van der Waals surface area contributed by atoms with Crippen LogP contribution in [0, 0.1) is 0 Å². The van der Waals surface area contributed by atoms with Gasteiger partial charge in [0.2, 0.25) is 5.91 Å². The highest BCUT2D eigenvalue weighted by Crippen LogP contribution is 2.23. The van der Waals surface area contributed by atoms with E-state index in [-0.39, 0.29) is 18.5 Å². The number of rotatable bonds is 47. The SMILES string of the molecule is CCCCC/C=C\C/C=C\CCCCCCCC(=O)OCCCCCCCCCCCCCCCCCC(=O)NC(COC1OC(CO)C(O)C(O)C1O)C(O)/C=C/CCCCCCCCC. The third-order valence-electron chi connectivity index (χ3n) is 13.0. The van der Waals surface area contributed by atoms with Crippen LogP contribution in [-0.2, 0) is 23.8 Å². The summed E-state index contributed by atoms with van der Waals surface area (Å²) in [5.41, 5.74) is 0. The first-order chi connectivity index (χ1) is 32.7. The molecule has 1 aliphatic rings. The van der Waals surface area contributed by atoms with Crippen molar-refractivity contribution in [2.75, 3.05) is 19.8 Å². The lowest BCUT2D eigenvalue weighted by molar-refractivity contribution is -0.302. The molecule has 1 saturated heterocycles. The number of aliphatic hydroxyl groups excluding tert-OH is 5. The summed E-state index contributed by atoms with van der Waals surface area (Å²) in [5, 5.41) is 54.1. The maximum Gasteiger partial charge on any atom is 0.305 e. The molecule has 7 atom stereocenters. The Balaban J connectivity index is 2.07. The molecule has 0 aromatic carbocycles. The molecule has 0 bridgehead atoms. The van der Waals surface area contributed by atoms with Crippen LogP contribution in [0.4, 0.5) is 0 Å². The van der Waals surface area contributed by atoms with Crippen molar-refractivity contribution in [3.8, 4) is 0 Å². The smallest absolute Gasteiger partial charge is 0.305 e. The highest BCUT2D eigenvalue weighted by molar-refractivity contribution is 5.76. The van der Waals surface area contributed by atoms with E-state index in [9.17, 15) is 35.1 Å². The lowest BCUT2D eigenvalue weighted by atomic mass is 9.99. The van der Waals surface area contributed by atoms with Gasteiger partial charge in [0.25, 0.3) is 0 Å². The zero-order valence-electron chi connectivity index (χ0n) is 42.9. The highest BCUT2D eigenvalue weighted by Gasteiger charge is 2.44. The number of hydrogen-bond acceptors (Lipinski definition) is 10. The standard InChI is InChI=1S/C56H103NO10/c1-3-5-7-9-11-13-14-15-17-21-24-28-32-36-40-44-52(61)65-45-41-37-33-29-25-22-19-16-18-20-23-27-31-35-39-43-51(60)57-48(49(59)42-38-34-30-26-12-10-8-6-4-2)47-66-56-55(64)54(63)53(62)50(46-58)67-56/h11,13,15,17,38,42,48-50,53-56,58-59,62-64H,3-10,12,14,16,18-37,39-41,43-47H2,1-2H3,(H,57,60)/b13-11-,17-15-,42-38+. The van der Waals surface area contributed by atoms with Crippen molar-refractivity contribution < 1.29 is 49.3 Å². The summed E-state index contributed by atoms with van der Waals surface area (Å²) in [5.74, 6) is -0.227. The Kier molecular flexibility index (Phi) is 43.4. The van der Waals surface area contributed by atoms with Crippen molar-refractivity contribution in [1.29, 1.82) is 0 Å². The van der Waals surface area contributed by atoms with Crippen LogP contribution in [0.25, 0.3) is 0 Å². The van der Waals surface area contributed by atoms with Crippen LogP contribution in [0.15, 0.2) is 36.5 Å². The molecule has 0 spiro atoms. The van der Waals surface area contributed by atoms with Gasteiger partial charge < -0.3 is 45.1 Å². The van der Waals surface area contributed by atoms with Crippen molar-refractivity contribution in [3.63, 3.8) is 0 Å². The van der Waals surface area contributed by atoms with Crippen molar-refractivity contribution in [3.05, 3.63) is 36.5 Å². The monoisotopic (exact) mass is 950 g/mol. The lowest BCUT2D eigenvalue weighted by Crippen LogP contribution is -2.60. The average molecular weight is 950 g/mol. The molecule has 0 saturated carbocycles. The second-order valence-electron chi connectivity index (χ2n) is 19.3. The molecular formula is C56H103NO10. The molecule has 0 aromatic rings. The van der Waals surface area contributed by atoms with Gasteiger partial charge in [-0.25, -0.2) is 0 Å². The van der Waals surface area contributed by atoms with E-state index in [1.807, 2.05) is 6.08 Å². The second-order valence-corrected chi connectivity index (χ2v) is 19.3. The molecule has 0 aromatic heterocycles. The number of nitrogens with one attached hydrogen (secondary N) is 1. The Labute approximate surface area is 409 Å².